The average molecular weight is 408 g/mol. The minimum absolute atomic E-state index is 0.195. The molecule has 2 atom stereocenters. The molecule has 0 aromatic carbocycles. The van der Waals surface area contributed by atoms with Crippen molar-refractivity contribution in [3.8, 4) is 0 Å². The maximum atomic E-state index is 12.8. The fourth-order valence-electron chi connectivity index (χ4n) is 3.84. The van der Waals surface area contributed by atoms with Crippen LogP contribution in [0, 0.1) is 0 Å². The summed E-state index contributed by atoms with van der Waals surface area (Å²) in [6.07, 6.45) is 8.70. The number of carbonyl (C=O) groups is 2. The summed E-state index contributed by atoms with van der Waals surface area (Å²) in [4.78, 5) is 50.7. The Kier molecular flexibility index (Phi) is 8.48. The molecule has 2 heterocycles. The fourth-order valence-corrected chi connectivity index (χ4v) is 3.84. The van der Waals surface area contributed by atoms with Crippen LogP contribution in [-0.2, 0) is 9.59 Å². The molecule has 1 aromatic heterocycles. The summed E-state index contributed by atoms with van der Waals surface area (Å²) in [5.74, 6) is -0.635. The number of unbranched alkanes of at least 4 members (excludes halogenated alkanes) is 3. The second-order valence-electron chi connectivity index (χ2n) is 7.59. The van der Waals surface area contributed by atoms with Gasteiger partial charge < -0.3 is 11.1 Å². The first-order chi connectivity index (χ1) is 13.9. The number of primary amides is 1. The Morgan fingerprint density at radius 1 is 1.07 bits per heavy atom. The molecule has 1 aromatic rings. The number of aromatic amines is 1. The number of H-pyrrole nitrogens is 1. The quantitative estimate of drug-likeness (QED) is 0.358. The van der Waals surface area contributed by atoms with Gasteiger partial charge in [0.2, 0.25) is 11.8 Å². The number of nitrogens with zero attached hydrogens (tertiary/aromatic N) is 2. The molecule has 0 saturated heterocycles. The molecule has 1 aliphatic rings. The van der Waals surface area contributed by atoms with Crippen LogP contribution in [0.5, 0.6) is 0 Å². The third-order valence-electron chi connectivity index (χ3n) is 5.26. The Labute approximate surface area is 170 Å². The Balaban J connectivity index is 2.17. The van der Waals surface area contributed by atoms with Gasteiger partial charge in [-0.15, -0.1) is 0 Å². The summed E-state index contributed by atoms with van der Waals surface area (Å²) in [6.45, 7) is 4.58. The van der Waals surface area contributed by atoms with Crippen LogP contribution in [0.3, 0.4) is 0 Å². The van der Waals surface area contributed by atoms with Gasteiger partial charge in [-0.05, 0) is 37.3 Å². The zero-order chi connectivity index (χ0) is 21.4. The molecule has 2 amide bonds. The second kappa shape index (κ2) is 10.8. The van der Waals surface area contributed by atoms with Crippen molar-refractivity contribution in [1.82, 2.24) is 19.7 Å². The van der Waals surface area contributed by atoms with Gasteiger partial charge in [0.25, 0.3) is 0 Å². The van der Waals surface area contributed by atoms with Crippen molar-refractivity contribution in [1.29, 1.82) is 0 Å². The van der Waals surface area contributed by atoms with Gasteiger partial charge in [-0.25, -0.2) is 19.0 Å². The third kappa shape index (κ3) is 5.71. The van der Waals surface area contributed by atoms with E-state index in [-0.39, 0.29) is 17.9 Å². The lowest BCUT2D eigenvalue weighted by atomic mass is 9.93. The van der Waals surface area contributed by atoms with Crippen LogP contribution in [0.25, 0.3) is 0 Å². The highest BCUT2D eigenvalue weighted by molar-refractivity contribution is 5.82. The zero-order valence-electron chi connectivity index (χ0n) is 17.4. The van der Waals surface area contributed by atoms with Gasteiger partial charge in [-0.3, -0.25) is 14.6 Å². The summed E-state index contributed by atoms with van der Waals surface area (Å²) in [5, 5.41) is 2.85. The van der Waals surface area contributed by atoms with E-state index in [1.54, 1.807) is 0 Å². The maximum absolute atomic E-state index is 12.8. The normalized spacial score (nSPS) is 18.2. The molecule has 0 bridgehead atoms. The molecule has 29 heavy (non-hydrogen) atoms. The second-order valence-corrected chi connectivity index (χ2v) is 7.59. The molecular formula is C20H33N5O4. The number of amides is 2. The molecule has 0 spiro atoms. The molecule has 9 nitrogen and oxygen atoms in total. The monoisotopic (exact) mass is 407 g/mol. The van der Waals surface area contributed by atoms with E-state index in [9.17, 15) is 19.2 Å². The first-order valence-electron chi connectivity index (χ1n) is 10.6. The standard InChI is InChI=1S/C20H33N5O4/c1-3-5-10-15-14(9-4-2)13-16(25-20(29)23-19(28)24(15)25)18(27)22-12-8-6-7-11-17(21)26/h13,15-16H,3-12H2,1-2H3,(H2,21,26)(H,22,27)(H,23,28,29). The number of fused-ring (bicyclic) bond motifs is 1. The highest BCUT2D eigenvalue weighted by Gasteiger charge is 2.33. The van der Waals surface area contributed by atoms with Gasteiger partial charge in [0.15, 0.2) is 6.04 Å². The minimum atomic E-state index is -0.841. The van der Waals surface area contributed by atoms with Gasteiger partial charge in [-0.1, -0.05) is 39.5 Å². The lowest BCUT2D eigenvalue weighted by molar-refractivity contribution is -0.124. The molecule has 0 fully saturated rings. The molecular weight excluding hydrogens is 374 g/mol. The molecule has 1 aliphatic heterocycles. The zero-order valence-corrected chi connectivity index (χ0v) is 17.4. The molecule has 162 valence electrons. The number of nitrogens with two attached hydrogens (primary N) is 1. The van der Waals surface area contributed by atoms with Crippen molar-refractivity contribution in [2.75, 3.05) is 6.54 Å². The van der Waals surface area contributed by atoms with E-state index in [1.807, 2.05) is 6.08 Å². The predicted molar refractivity (Wildman–Crippen MR) is 111 cm³/mol. The van der Waals surface area contributed by atoms with E-state index in [0.29, 0.717) is 25.8 Å². The summed E-state index contributed by atoms with van der Waals surface area (Å²) >= 11 is 0. The Morgan fingerprint density at radius 3 is 2.45 bits per heavy atom. The topological polar surface area (TPSA) is 132 Å². The number of aromatic nitrogens is 3. The van der Waals surface area contributed by atoms with Gasteiger partial charge in [0.05, 0.1) is 6.04 Å². The summed E-state index contributed by atoms with van der Waals surface area (Å²) < 4.78 is 2.68. The van der Waals surface area contributed by atoms with Crippen LogP contribution in [0.15, 0.2) is 21.2 Å². The van der Waals surface area contributed by atoms with Crippen molar-refractivity contribution in [3.63, 3.8) is 0 Å². The van der Waals surface area contributed by atoms with Crippen molar-refractivity contribution in [2.45, 2.75) is 83.7 Å². The van der Waals surface area contributed by atoms with Crippen molar-refractivity contribution in [2.24, 2.45) is 5.73 Å². The largest absolute Gasteiger partial charge is 0.370 e. The highest BCUT2D eigenvalue weighted by atomic mass is 16.2. The van der Waals surface area contributed by atoms with Crippen molar-refractivity contribution in [3.05, 3.63) is 32.6 Å². The molecule has 2 unspecified atom stereocenters. The van der Waals surface area contributed by atoms with E-state index in [1.165, 1.54) is 9.36 Å². The van der Waals surface area contributed by atoms with E-state index in [4.69, 9.17) is 5.73 Å². The van der Waals surface area contributed by atoms with Crippen LogP contribution in [0.1, 0.15) is 83.7 Å². The van der Waals surface area contributed by atoms with Crippen molar-refractivity contribution >= 4 is 11.8 Å². The van der Waals surface area contributed by atoms with Crippen LogP contribution in [0.2, 0.25) is 0 Å². The van der Waals surface area contributed by atoms with Crippen LogP contribution in [-0.4, -0.2) is 32.7 Å². The summed E-state index contributed by atoms with van der Waals surface area (Å²) in [6, 6.07) is -1.04. The van der Waals surface area contributed by atoms with Crippen molar-refractivity contribution < 1.29 is 9.59 Å². The SMILES string of the molecule is CCCCC1C(CCC)=CC(C(=O)NCCCCCC(N)=O)n2c(=O)[nH]c(=O)n21. The van der Waals surface area contributed by atoms with E-state index < -0.39 is 17.4 Å². The van der Waals surface area contributed by atoms with Crippen LogP contribution >= 0.6 is 0 Å². The predicted octanol–water partition coefficient (Wildman–Crippen LogP) is 1.51. The lowest BCUT2D eigenvalue weighted by Crippen LogP contribution is -2.43. The van der Waals surface area contributed by atoms with Gasteiger partial charge >= 0.3 is 11.4 Å². The highest BCUT2D eigenvalue weighted by Crippen LogP contribution is 2.32. The fraction of sp³-hybridized carbons (Fsp3) is 0.700. The Bertz CT molecular complexity index is 848. The van der Waals surface area contributed by atoms with Gasteiger partial charge in [0.1, 0.15) is 0 Å². The molecule has 0 aliphatic carbocycles. The number of hydrogen-bond acceptors (Lipinski definition) is 4. The molecule has 2 rings (SSSR count). The summed E-state index contributed by atoms with van der Waals surface area (Å²) in [7, 11) is 0. The first kappa shape index (κ1) is 22.7. The lowest BCUT2D eigenvalue weighted by Gasteiger charge is -2.31. The average Bonchev–Trinajstić information content (AvgIpc) is 2.97. The smallest absolute Gasteiger partial charge is 0.345 e. The Morgan fingerprint density at radius 2 is 1.79 bits per heavy atom. The van der Waals surface area contributed by atoms with Gasteiger partial charge in [-0.2, -0.15) is 0 Å². The number of carbonyl (C=O) groups excluding carboxylic acids is 2. The van der Waals surface area contributed by atoms with E-state index in [0.717, 1.165) is 44.1 Å². The van der Waals surface area contributed by atoms with Crippen LogP contribution < -0.4 is 22.4 Å². The maximum Gasteiger partial charge on any atom is 0.345 e. The third-order valence-corrected chi connectivity index (χ3v) is 5.26. The number of nitrogens with one attached hydrogen (secondary N) is 2. The Hall–Kier alpha value is -2.58. The summed E-state index contributed by atoms with van der Waals surface area (Å²) in [5.41, 5.74) is 5.11. The molecule has 4 N–H and O–H groups in total. The van der Waals surface area contributed by atoms with Crippen LogP contribution in [0.4, 0.5) is 0 Å². The van der Waals surface area contributed by atoms with Gasteiger partial charge in [0, 0.05) is 13.0 Å². The van der Waals surface area contributed by atoms with E-state index in [2.05, 4.69) is 24.1 Å². The minimum Gasteiger partial charge on any atom is -0.370 e. The number of hydrogen-bond donors (Lipinski definition) is 3. The number of rotatable bonds is 12. The first-order valence-corrected chi connectivity index (χ1v) is 10.6. The molecule has 0 saturated carbocycles. The molecule has 9 heteroatoms. The van der Waals surface area contributed by atoms with E-state index >= 15 is 0 Å². The number of allylic oxidation sites excluding steroid dienone is 1. The molecule has 0 radical (unpaired) electrons.